The summed E-state index contributed by atoms with van der Waals surface area (Å²) in [6.07, 6.45) is 1.73. The van der Waals surface area contributed by atoms with E-state index in [4.69, 9.17) is 5.11 Å². The fraction of sp³-hybridized carbons (Fsp3) is 0.357. The predicted molar refractivity (Wildman–Crippen MR) is 69.0 cm³/mol. The fourth-order valence-electron chi connectivity index (χ4n) is 1.72. The molecule has 0 amide bonds. The van der Waals surface area contributed by atoms with E-state index >= 15 is 0 Å². The van der Waals surface area contributed by atoms with Crippen molar-refractivity contribution in [3.63, 3.8) is 0 Å². The van der Waals surface area contributed by atoms with Gasteiger partial charge < -0.3 is 5.11 Å². The minimum atomic E-state index is -0.810. The first-order chi connectivity index (χ1) is 8.02. The van der Waals surface area contributed by atoms with Gasteiger partial charge in [-0.05, 0) is 30.5 Å². The SMILES string of the molecule is C=CCN(CC(=O)O)Cc1ccc(C)c(C)c1. The van der Waals surface area contributed by atoms with E-state index in [1.54, 1.807) is 6.08 Å². The van der Waals surface area contributed by atoms with Gasteiger partial charge in [-0.15, -0.1) is 6.58 Å². The Labute approximate surface area is 102 Å². The fourth-order valence-corrected chi connectivity index (χ4v) is 1.72. The lowest BCUT2D eigenvalue weighted by atomic mass is 10.1. The average molecular weight is 233 g/mol. The number of aliphatic carboxylic acids is 1. The summed E-state index contributed by atoms with van der Waals surface area (Å²) >= 11 is 0. The van der Waals surface area contributed by atoms with Crippen molar-refractivity contribution in [3.05, 3.63) is 47.5 Å². The quantitative estimate of drug-likeness (QED) is 0.767. The summed E-state index contributed by atoms with van der Waals surface area (Å²) < 4.78 is 0. The van der Waals surface area contributed by atoms with Crippen LogP contribution in [0.1, 0.15) is 16.7 Å². The molecule has 0 unspecified atom stereocenters. The minimum Gasteiger partial charge on any atom is -0.480 e. The molecular formula is C14H19NO2. The molecule has 17 heavy (non-hydrogen) atoms. The van der Waals surface area contributed by atoms with Crippen LogP contribution in [0.3, 0.4) is 0 Å². The molecule has 0 atom stereocenters. The van der Waals surface area contributed by atoms with E-state index in [0.717, 1.165) is 5.56 Å². The number of benzene rings is 1. The predicted octanol–water partition coefficient (Wildman–Crippen LogP) is 2.38. The van der Waals surface area contributed by atoms with Gasteiger partial charge in [0.2, 0.25) is 0 Å². The lowest BCUT2D eigenvalue weighted by Crippen LogP contribution is -2.29. The molecule has 0 aliphatic rings. The first kappa shape index (κ1) is 13.5. The second kappa shape index (κ2) is 6.21. The van der Waals surface area contributed by atoms with E-state index in [9.17, 15) is 4.79 Å². The molecule has 0 fully saturated rings. The van der Waals surface area contributed by atoms with E-state index in [1.165, 1.54) is 11.1 Å². The minimum absolute atomic E-state index is 0.0406. The highest BCUT2D eigenvalue weighted by Crippen LogP contribution is 2.11. The molecule has 1 aromatic carbocycles. The number of aryl methyl sites for hydroxylation is 2. The van der Waals surface area contributed by atoms with Crippen LogP contribution in [0.25, 0.3) is 0 Å². The standard InChI is InChI=1S/C14H19NO2/c1-4-7-15(10-14(16)17)9-13-6-5-11(2)12(3)8-13/h4-6,8H,1,7,9-10H2,2-3H3,(H,16,17). The van der Waals surface area contributed by atoms with Crippen LogP contribution in [0, 0.1) is 13.8 Å². The monoisotopic (exact) mass is 233 g/mol. The number of hydrogen-bond donors (Lipinski definition) is 1. The van der Waals surface area contributed by atoms with Gasteiger partial charge in [0.25, 0.3) is 0 Å². The van der Waals surface area contributed by atoms with Gasteiger partial charge >= 0.3 is 5.97 Å². The van der Waals surface area contributed by atoms with Crippen molar-refractivity contribution in [1.29, 1.82) is 0 Å². The Morgan fingerprint density at radius 2 is 2.12 bits per heavy atom. The summed E-state index contributed by atoms with van der Waals surface area (Å²) in [6, 6.07) is 6.21. The summed E-state index contributed by atoms with van der Waals surface area (Å²) in [5.74, 6) is -0.810. The maximum Gasteiger partial charge on any atom is 0.317 e. The third-order valence-electron chi connectivity index (χ3n) is 2.72. The Morgan fingerprint density at radius 3 is 2.65 bits per heavy atom. The van der Waals surface area contributed by atoms with Crippen LogP contribution in [0.15, 0.2) is 30.9 Å². The van der Waals surface area contributed by atoms with Crippen molar-refractivity contribution in [2.75, 3.05) is 13.1 Å². The summed E-state index contributed by atoms with van der Waals surface area (Å²) in [4.78, 5) is 12.6. The lowest BCUT2D eigenvalue weighted by molar-refractivity contribution is -0.138. The first-order valence-electron chi connectivity index (χ1n) is 5.64. The molecular weight excluding hydrogens is 214 g/mol. The van der Waals surface area contributed by atoms with Crippen molar-refractivity contribution < 1.29 is 9.90 Å². The van der Waals surface area contributed by atoms with Crippen LogP contribution < -0.4 is 0 Å². The van der Waals surface area contributed by atoms with Crippen molar-refractivity contribution in [2.45, 2.75) is 20.4 Å². The van der Waals surface area contributed by atoms with Crippen LogP contribution in [-0.2, 0) is 11.3 Å². The smallest absolute Gasteiger partial charge is 0.317 e. The van der Waals surface area contributed by atoms with Crippen molar-refractivity contribution >= 4 is 5.97 Å². The number of nitrogens with zero attached hydrogens (tertiary/aromatic N) is 1. The van der Waals surface area contributed by atoms with E-state index in [0.29, 0.717) is 13.1 Å². The molecule has 3 nitrogen and oxygen atoms in total. The Kier molecular flexibility index (Phi) is 4.91. The van der Waals surface area contributed by atoms with Crippen LogP contribution >= 0.6 is 0 Å². The lowest BCUT2D eigenvalue weighted by Gasteiger charge is -2.18. The molecule has 1 N–H and O–H groups in total. The van der Waals surface area contributed by atoms with Gasteiger partial charge in [-0.3, -0.25) is 9.69 Å². The van der Waals surface area contributed by atoms with Gasteiger partial charge in [-0.2, -0.15) is 0 Å². The molecule has 0 spiro atoms. The van der Waals surface area contributed by atoms with Crippen LogP contribution in [0.4, 0.5) is 0 Å². The number of carbonyl (C=O) groups is 1. The topological polar surface area (TPSA) is 40.5 Å². The molecule has 0 aliphatic heterocycles. The largest absolute Gasteiger partial charge is 0.480 e. The van der Waals surface area contributed by atoms with E-state index < -0.39 is 5.97 Å². The third-order valence-corrected chi connectivity index (χ3v) is 2.72. The van der Waals surface area contributed by atoms with Crippen LogP contribution in [0.5, 0.6) is 0 Å². The second-order valence-corrected chi connectivity index (χ2v) is 4.27. The molecule has 92 valence electrons. The highest BCUT2D eigenvalue weighted by molar-refractivity contribution is 5.69. The third kappa shape index (κ3) is 4.41. The van der Waals surface area contributed by atoms with E-state index in [1.807, 2.05) is 11.0 Å². The zero-order valence-corrected chi connectivity index (χ0v) is 10.4. The number of carboxylic acid groups (broad SMARTS) is 1. The molecule has 0 saturated heterocycles. The zero-order chi connectivity index (χ0) is 12.8. The molecule has 0 bridgehead atoms. The molecule has 0 saturated carbocycles. The van der Waals surface area contributed by atoms with Gasteiger partial charge in [0, 0.05) is 13.1 Å². The average Bonchev–Trinajstić information content (AvgIpc) is 2.23. The Bertz CT molecular complexity index is 413. The molecule has 0 aliphatic carbocycles. The van der Waals surface area contributed by atoms with Gasteiger partial charge in [0.1, 0.15) is 0 Å². The zero-order valence-electron chi connectivity index (χ0n) is 10.4. The Hall–Kier alpha value is -1.61. The van der Waals surface area contributed by atoms with Gasteiger partial charge in [0.15, 0.2) is 0 Å². The van der Waals surface area contributed by atoms with E-state index in [-0.39, 0.29) is 6.54 Å². The second-order valence-electron chi connectivity index (χ2n) is 4.27. The number of hydrogen-bond acceptors (Lipinski definition) is 2. The van der Waals surface area contributed by atoms with Crippen molar-refractivity contribution in [1.82, 2.24) is 4.90 Å². The maximum absolute atomic E-state index is 10.7. The normalized spacial score (nSPS) is 10.5. The van der Waals surface area contributed by atoms with E-state index in [2.05, 4.69) is 32.6 Å². The van der Waals surface area contributed by atoms with Gasteiger partial charge in [0.05, 0.1) is 6.54 Å². The number of rotatable bonds is 6. The molecule has 0 aromatic heterocycles. The van der Waals surface area contributed by atoms with Crippen LogP contribution in [-0.4, -0.2) is 29.1 Å². The summed E-state index contributed by atoms with van der Waals surface area (Å²) in [5.41, 5.74) is 3.62. The number of carboxylic acids is 1. The van der Waals surface area contributed by atoms with Gasteiger partial charge in [-0.1, -0.05) is 24.3 Å². The summed E-state index contributed by atoms with van der Waals surface area (Å²) in [6.45, 7) is 9.04. The maximum atomic E-state index is 10.7. The van der Waals surface area contributed by atoms with Crippen molar-refractivity contribution in [2.24, 2.45) is 0 Å². The molecule has 0 heterocycles. The van der Waals surface area contributed by atoms with Crippen molar-refractivity contribution in [3.8, 4) is 0 Å². The molecule has 1 aromatic rings. The summed E-state index contributed by atoms with van der Waals surface area (Å²) in [5, 5.41) is 8.81. The highest BCUT2D eigenvalue weighted by Gasteiger charge is 2.09. The molecule has 3 heteroatoms. The highest BCUT2D eigenvalue weighted by atomic mass is 16.4. The van der Waals surface area contributed by atoms with Gasteiger partial charge in [-0.25, -0.2) is 0 Å². The molecule has 0 radical (unpaired) electrons. The molecule has 1 rings (SSSR count). The Morgan fingerprint density at radius 1 is 1.41 bits per heavy atom. The van der Waals surface area contributed by atoms with Crippen LogP contribution in [0.2, 0.25) is 0 Å². The Balaban J connectivity index is 2.74. The summed E-state index contributed by atoms with van der Waals surface area (Å²) in [7, 11) is 0. The first-order valence-corrected chi connectivity index (χ1v) is 5.64.